The van der Waals surface area contributed by atoms with E-state index in [9.17, 15) is 24.1 Å². The molecule has 7 nitrogen and oxygen atoms in total. The maximum Gasteiger partial charge on any atom is 0.303 e. The first kappa shape index (κ1) is 14.6. The topological polar surface area (TPSA) is 107 Å². The molecule has 0 saturated carbocycles. The fourth-order valence-corrected chi connectivity index (χ4v) is 1.35. The molecule has 19 heavy (non-hydrogen) atoms. The highest BCUT2D eigenvalue weighted by molar-refractivity contribution is 5.82. The molecule has 0 heterocycles. The summed E-state index contributed by atoms with van der Waals surface area (Å²) in [6.07, 6.45) is 0.0505. The second-order valence-corrected chi connectivity index (χ2v) is 3.53. The number of aldehydes is 1. The van der Waals surface area contributed by atoms with Gasteiger partial charge in [0.2, 0.25) is 0 Å². The third-order valence-electron chi connectivity index (χ3n) is 2.23. The molecular weight excluding hydrogens is 261 g/mol. The van der Waals surface area contributed by atoms with Gasteiger partial charge < -0.3 is 9.84 Å². The number of carboxylic acid groups (broad SMARTS) is 1. The molecule has 0 atom stereocenters. The fraction of sp³-hybridized carbons (Fsp3) is 0.273. The molecule has 0 bridgehead atoms. The van der Waals surface area contributed by atoms with E-state index in [0.717, 1.165) is 12.1 Å². The molecule has 0 amide bonds. The molecule has 1 rings (SSSR count). The van der Waals surface area contributed by atoms with Crippen LogP contribution in [0.4, 0.5) is 10.1 Å². The number of ether oxygens (including phenoxy) is 1. The van der Waals surface area contributed by atoms with Gasteiger partial charge in [-0.2, -0.15) is 0 Å². The van der Waals surface area contributed by atoms with Gasteiger partial charge in [0.15, 0.2) is 17.9 Å². The number of nitro benzene ring substituents is 1. The van der Waals surface area contributed by atoms with Gasteiger partial charge in [-0.1, -0.05) is 0 Å². The molecule has 0 saturated heterocycles. The SMILES string of the molecule is O=Cc1c([N+](=O)[O-])ccc(OCCCC(=O)O)c1F. The number of nitro groups is 1. The average Bonchev–Trinajstić information content (AvgIpc) is 2.35. The predicted octanol–water partition coefficient (Wildman–Crippen LogP) is 1.79. The van der Waals surface area contributed by atoms with Crippen LogP contribution in [-0.4, -0.2) is 28.9 Å². The highest BCUT2D eigenvalue weighted by Gasteiger charge is 2.21. The van der Waals surface area contributed by atoms with E-state index >= 15 is 0 Å². The van der Waals surface area contributed by atoms with Gasteiger partial charge >= 0.3 is 5.97 Å². The third-order valence-corrected chi connectivity index (χ3v) is 2.23. The minimum Gasteiger partial charge on any atom is -0.490 e. The summed E-state index contributed by atoms with van der Waals surface area (Å²) in [5.74, 6) is -2.46. The summed E-state index contributed by atoms with van der Waals surface area (Å²) in [6.45, 7) is -0.0701. The Morgan fingerprint density at radius 1 is 1.53 bits per heavy atom. The molecule has 0 aliphatic carbocycles. The Bertz CT molecular complexity index is 516. The van der Waals surface area contributed by atoms with Crippen LogP contribution in [-0.2, 0) is 4.79 Å². The van der Waals surface area contributed by atoms with Crippen LogP contribution in [0.15, 0.2) is 12.1 Å². The largest absolute Gasteiger partial charge is 0.490 e. The molecule has 102 valence electrons. The van der Waals surface area contributed by atoms with E-state index in [1.54, 1.807) is 0 Å². The van der Waals surface area contributed by atoms with E-state index in [1.807, 2.05) is 0 Å². The summed E-state index contributed by atoms with van der Waals surface area (Å²) in [4.78, 5) is 30.6. The van der Waals surface area contributed by atoms with Gasteiger partial charge in [-0.3, -0.25) is 19.7 Å². The summed E-state index contributed by atoms with van der Waals surface area (Å²) in [7, 11) is 0. The zero-order chi connectivity index (χ0) is 14.4. The van der Waals surface area contributed by atoms with Crippen molar-refractivity contribution in [1.29, 1.82) is 0 Å². The molecule has 0 aliphatic heterocycles. The van der Waals surface area contributed by atoms with Crippen molar-refractivity contribution in [2.45, 2.75) is 12.8 Å². The molecule has 0 aliphatic rings. The van der Waals surface area contributed by atoms with Crippen LogP contribution in [0, 0.1) is 15.9 Å². The number of carbonyl (C=O) groups excluding carboxylic acids is 1. The Hall–Kier alpha value is -2.51. The first-order valence-electron chi connectivity index (χ1n) is 5.24. The first-order valence-corrected chi connectivity index (χ1v) is 5.24. The van der Waals surface area contributed by atoms with Crippen LogP contribution in [0.2, 0.25) is 0 Å². The smallest absolute Gasteiger partial charge is 0.303 e. The number of carbonyl (C=O) groups is 2. The summed E-state index contributed by atoms with van der Waals surface area (Å²) in [5.41, 5.74) is -1.34. The van der Waals surface area contributed by atoms with Crippen molar-refractivity contribution in [2.75, 3.05) is 6.61 Å². The second-order valence-electron chi connectivity index (χ2n) is 3.53. The Labute approximate surface area is 106 Å². The average molecular weight is 271 g/mol. The van der Waals surface area contributed by atoms with Crippen molar-refractivity contribution in [3.05, 3.63) is 33.6 Å². The number of nitrogens with zero attached hydrogens (tertiary/aromatic N) is 1. The molecule has 1 aromatic rings. The fourth-order valence-electron chi connectivity index (χ4n) is 1.35. The number of hydrogen-bond donors (Lipinski definition) is 1. The van der Waals surface area contributed by atoms with Crippen molar-refractivity contribution >= 4 is 17.9 Å². The summed E-state index contributed by atoms with van der Waals surface area (Å²) < 4.78 is 18.6. The summed E-state index contributed by atoms with van der Waals surface area (Å²) in [6, 6.07) is 1.99. The lowest BCUT2D eigenvalue weighted by Crippen LogP contribution is -2.05. The molecular formula is C11H10FNO6. The van der Waals surface area contributed by atoms with Gasteiger partial charge in [-0.05, 0) is 12.5 Å². The molecule has 0 spiro atoms. The van der Waals surface area contributed by atoms with Crippen LogP contribution in [0.1, 0.15) is 23.2 Å². The van der Waals surface area contributed by atoms with Crippen molar-refractivity contribution in [2.24, 2.45) is 0 Å². The number of aliphatic carboxylic acids is 1. The normalized spacial score (nSPS) is 9.95. The number of benzene rings is 1. The van der Waals surface area contributed by atoms with E-state index in [1.165, 1.54) is 0 Å². The lowest BCUT2D eigenvalue weighted by atomic mass is 10.1. The number of rotatable bonds is 7. The van der Waals surface area contributed by atoms with Gasteiger partial charge in [0.25, 0.3) is 5.69 Å². The monoisotopic (exact) mass is 271 g/mol. The number of hydrogen-bond acceptors (Lipinski definition) is 5. The lowest BCUT2D eigenvalue weighted by Gasteiger charge is -2.07. The predicted molar refractivity (Wildman–Crippen MR) is 60.8 cm³/mol. The van der Waals surface area contributed by atoms with Crippen molar-refractivity contribution in [3.63, 3.8) is 0 Å². The second kappa shape index (κ2) is 6.43. The van der Waals surface area contributed by atoms with E-state index in [4.69, 9.17) is 9.84 Å². The van der Waals surface area contributed by atoms with Gasteiger partial charge in [-0.25, -0.2) is 4.39 Å². The van der Waals surface area contributed by atoms with E-state index in [2.05, 4.69) is 0 Å². The highest BCUT2D eigenvalue weighted by atomic mass is 19.1. The van der Waals surface area contributed by atoms with E-state index in [0.29, 0.717) is 0 Å². The van der Waals surface area contributed by atoms with Crippen LogP contribution >= 0.6 is 0 Å². The molecule has 0 unspecified atom stereocenters. The zero-order valence-corrected chi connectivity index (χ0v) is 9.67. The number of halogens is 1. The highest BCUT2D eigenvalue weighted by Crippen LogP contribution is 2.27. The van der Waals surface area contributed by atoms with Crippen LogP contribution in [0.25, 0.3) is 0 Å². The Morgan fingerprint density at radius 2 is 2.21 bits per heavy atom. The van der Waals surface area contributed by atoms with Crippen molar-refractivity contribution < 1.29 is 28.7 Å². The third kappa shape index (κ3) is 3.73. The van der Waals surface area contributed by atoms with Gasteiger partial charge in [0, 0.05) is 12.5 Å². The van der Waals surface area contributed by atoms with E-state index in [-0.39, 0.29) is 31.5 Å². The zero-order valence-electron chi connectivity index (χ0n) is 9.67. The maximum absolute atomic E-state index is 13.7. The van der Waals surface area contributed by atoms with Gasteiger partial charge in [0.05, 0.1) is 11.5 Å². The van der Waals surface area contributed by atoms with Crippen LogP contribution in [0.3, 0.4) is 0 Å². The van der Waals surface area contributed by atoms with Crippen LogP contribution in [0.5, 0.6) is 5.75 Å². The molecule has 0 fully saturated rings. The summed E-state index contributed by atoms with van der Waals surface area (Å²) in [5, 5.41) is 18.9. The van der Waals surface area contributed by atoms with Crippen molar-refractivity contribution in [1.82, 2.24) is 0 Å². The molecule has 0 aromatic heterocycles. The maximum atomic E-state index is 13.7. The molecule has 1 N–H and O–H groups in total. The van der Waals surface area contributed by atoms with E-state index < -0.39 is 28.0 Å². The Morgan fingerprint density at radius 3 is 2.74 bits per heavy atom. The molecule has 1 aromatic carbocycles. The minimum atomic E-state index is -1.13. The minimum absolute atomic E-state index is 0.0393. The standard InChI is InChI=1S/C11H10FNO6/c12-11-7(6-14)8(13(17)18)3-4-9(11)19-5-1-2-10(15)16/h3-4,6H,1-2,5H2,(H,15,16). The van der Waals surface area contributed by atoms with Crippen LogP contribution < -0.4 is 4.74 Å². The summed E-state index contributed by atoms with van der Waals surface area (Å²) >= 11 is 0. The molecule has 8 heteroatoms. The van der Waals surface area contributed by atoms with Crippen molar-refractivity contribution in [3.8, 4) is 5.75 Å². The number of carboxylic acids is 1. The van der Waals surface area contributed by atoms with Gasteiger partial charge in [0.1, 0.15) is 5.56 Å². The van der Waals surface area contributed by atoms with Gasteiger partial charge in [-0.15, -0.1) is 0 Å². The lowest BCUT2D eigenvalue weighted by molar-refractivity contribution is -0.385. The Balaban J connectivity index is 2.83. The molecule has 0 radical (unpaired) electrons. The quantitative estimate of drug-likeness (QED) is 0.350. The first-order chi connectivity index (χ1) is 8.97. The Kier molecular flexibility index (Phi) is 4.92.